The van der Waals surface area contributed by atoms with Crippen molar-refractivity contribution in [3.05, 3.63) is 22.2 Å². The third-order valence-corrected chi connectivity index (χ3v) is 3.52. The van der Waals surface area contributed by atoms with E-state index in [1.807, 2.05) is 6.92 Å². The van der Waals surface area contributed by atoms with Crippen molar-refractivity contribution in [1.29, 1.82) is 0 Å². The maximum Gasteiger partial charge on any atom is 0.231 e. The molecule has 1 atom stereocenters. The number of benzene rings is 1. The number of carbonyl (C=O) groups excluding carboxylic acids is 1. The van der Waals surface area contributed by atoms with Crippen molar-refractivity contribution < 1.29 is 14.3 Å². The summed E-state index contributed by atoms with van der Waals surface area (Å²) < 4.78 is 10.9. The van der Waals surface area contributed by atoms with Crippen LogP contribution in [0, 0.1) is 0 Å². The predicted molar refractivity (Wildman–Crippen MR) is 70.8 cm³/mol. The van der Waals surface area contributed by atoms with Gasteiger partial charge in [0.1, 0.15) is 6.29 Å². The van der Waals surface area contributed by atoms with E-state index in [4.69, 9.17) is 21.1 Å². The summed E-state index contributed by atoms with van der Waals surface area (Å²) in [5.41, 5.74) is 2.06. The molecular weight excluding hydrogens is 252 g/mol. The maximum absolute atomic E-state index is 10.7. The van der Waals surface area contributed by atoms with Crippen LogP contribution in [0.25, 0.3) is 0 Å². The summed E-state index contributed by atoms with van der Waals surface area (Å²) in [5, 5.41) is 0.650. The van der Waals surface area contributed by atoms with E-state index in [0.29, 0.717) is 17.2 Å². The van der Waals surface area contributed by atoms with Gasteiger partial charge in [0.15, 0.2) is 11.5 Å². The Morgan fingerprint density at radius 3 is 2.67 bits per heavy atom. The van der Waals surface area contributed by atoms with Crippen LogP contribution >= 0.6 is 11.6 Å². The molecule has 3 nitrogen and oxygen atoms in total. The third kappa shape index (κ3) is 2.19. The summed E-state index contributed by atoms with van der Waals surface area (Å²) >= 11 is 6.34. The van der Waals surface area contributed by atoms with E-state index in [1.165, 1.54) is 0 Å². The summed E-state index contributed by atoms with van der Waals surface area (Å²) in [6, 6.07) is 1.78. The van der Waals surface area contributed by atoms with E-state index in [0.717, 1.165) is 23.2 Å². The molecule has 18 heavy (non-hydrogen) atoms. The molecule has 0 N–H and O–H groups in total. The Kier molecular flexibility index (Phi) is 3.81. The number of carbonyl (C=O) groups is 1. The van der Waals surface area contributed by atoms with Crippen LogP contribution in [0.4, 0.5) is 0 Å². The van der Waals surface area contributed by atoms with Gasteiger partial charge in [-0.2, -0.15) is 0 Å². The molecule has 98 valence electrons. The van der Waals surface area contributed by atoms with Crippen LogP contribution in [0.5, 0.6) is 11.5 Å². The van der Waals surface area contributed by atoms with Crippen molar-refractivity contribution in [3.63, 3.8) is 0 Å². The standard InChI is InChI=1S/C14H17ClO3/c1-8(2)12-13(9(3)4-5-16)10(15)6-11-14(12)18-7-17-11/h5-6,8-9H,4,7H2,1-3H3. The summed E-state index contributed by atoms with van der Waals surface area (Å²) in [6.07, 6.45) is 1.38. The average Bonchev–Trinajstić information content (AvgIpc) is 2.74. The molecule has 0 amide bonds. The van der Waals surface area contributed by atoms with E-state index < -0.39 is 0 Å². The Bertz CT molecular complexity index is 469. The fourth-order valence-electron chi connectivity index (χ4n) is 2.39. The summed E-state index contributed by atoms with van der Waals surface area (Å²) in [4.78, 5) is 10.7. The first-order valence-corrected chi connectivity index (χ1v) is 6.49. The van der Waals surface area contributed by atoms with Crippen LogP contribution in [0.15, 0.2) is 6.07 Å². The van der Waals surface area contributed by atoms with E-state index in [1.54, 1.807) is 6.07 Å². The minimum atomic E-state index is 0.0851. The quantitative estimate of drug-likeness (QED) is 0.778. The normalized spacial score (nSPS) is 14.9. The van der Waals surface area contributed by atoms with Crippen molar-refractivity contribution in [1.82, 2.24) is 0 Å². The molecule has 1 aromatic carbocycles. The summed E-state index contributed by atoms with van der Waals surface area (Å²) in [5.74, 6) is 1.83. The second-order valence-electron chi connectivity index (χ2n) is 4.88. The second kappa shape index (κ2) is 5.19. The number of halogens is 1. The Morgan fingerprint density at radius 1 is 1.33 bits per heavy atom. The molecule has 1 unspecified atom stereocenters. The first-order valence-electron chi connectivity index (χ1n) is 6.11. The Hall–Kier alpha value is -1.22. The van der Waals surface area contributed by atoms with Gasteiger partial charge < -0.3 is 14.3 Å². The highest BCUT2D eigenvalue weighted by Gasteiger charge is 2.27. The number of hydrogen-bond donors (Lipinski definition) is 0. The van der Waals surface area contributed by atoms with Gasteiger partial charge in [-0.15, -0.1) is 0 Å². The van der Waals surface area contributed by atoms with Crippen LogP contribution in [0.2, 0.25) is 5.02 Å². The van der Waals surface area contributed by atoms with Gasteiger partial charge in [0.2, 0.25) is 6.79 Å². The molecule has 1 aromatic rings. The molecule has 0 saturated carbocycles. The van der Waals surface area contributed by atoms with Gasteiger partial charge in [0.25, 0.3) is 0 Å². The summed E-state index contributed by atoms with van der Waals surface area (Å²) in [6.45, 7) is 6.41. The van der Waals surface area contributed by atoms with Crippen LogP contribution in [-0.2, 0) is 4.79 Å². The van der Waals surface area contributed by atoms with Crippen molar-refractivity contribution in [2.24, 2.45) is 0 Å². The maximum atomic E-state index is 10.7. The number of fused-ring (bicyclic) bond motifs is 1. The van der Waals surface area contributed by atoms with E-state index in [-0.39, 0.29) is 18.6 Å². The number of hydrogen-bond acceptors (Lipinski definition) is 3. The zero-order valence-corrected chi connectivity index (χ0v) is 11.6. The lowest BCUT2D eigenvalue weighted by Gasteiger charge is -2.20. The average molecular weight is 269 g/mol. The van der Waals surface area contributed by atoms with Gasteiger partial charge in [0, 0.05) is 23.1 Å². The van der Waals surface area contributed by atoms with E-state index in [9.17, 15) is 4.79 Å². The first kappa shape index (κ1) is 13.2. The topological polar surface area (TPSA) is 35.5 Å². The lowest BCUT2D eigenvalue weighted by molar-refractivity contribution is -0.108. The van der Waals surface area contributed by atoms with Crippen molar-refractivity contribution in [3.8, 4) is 11.5 Å². The molecule has 0 fully saturated rings. The second-order valence-corrected chi connectivity index (χ2v) is 5.28. The molecule has 0 saturated heterocycles. The Labute approximate surface area is 112 Å². The SMILES string of the molecule is CC(C)c1c2c(cc(Cl)c1C(C)CC=O)OCO2. The minimum Gasteiger partial charge on any atom is -0.454 e. The lowest BCUT2D eigenvalue weighted by atomic mass is 9.87. The smallest absolute Gasteiger partial charge is 0.231 e. The number of rotatable bonds is 4. The van der Waals surface area contributed by atoms with Crippen LogP contribution in [0.3, 0.4) is 0 Å². The fourth-order valence-corrected chi connectivity index (χ4v) is 2.77. The van der Waals surface area contributed by atoms with Gasteiger partial charge >= 0.3 is 0 Å². The molecule has 2 rings (SSSR count). The predicted octanol–water partition coefficient (Wildman–Crippen LogP) is 3.88. The number of ether oxygens (including phenoxy) is 2. The Morgan fingerprint density at radius 2 is 2.06 bits per heavy atom. The Balaban J connectivity index is 2.60. The zero-order chi connectivity index (χ0) is 13.3. The fraction of sp³-hybridized carbons (Fsp3) is 0.500. The van der Waals surface area contributed by atoms with Gasteiger partial charge in [-0.1, -0.05) is 32.4 Å². The van der Waals surface area contributed by atoms with Crippen molar-refractivity contribution in [2.75, 3.05) is 6.79 Å². The monoisotopic (exact) mass is 268 g/mol. The van der Waals surface area contributed by atoms with Gasteiger partial charge in [-0.3, -0.25) is 0 Å². The highest BCUT2D eigenvalue weighted by atomic mass is 35.5. The van der Waals surface area contributed by atoms with E-state index in [2.05, 4.69) is 13.8 Å². The van der Waals surface area contributed by atoms with Crippen LogP contribution < -0.4 is 9.47 Å². The molecule has 0 aliphatic carbocycles. The molecule has 1 aliphatic heterocycles. The molecule has 1 heterocycles. The highest BCUT2D eigenvalue weighted by molar-refractivity contribution is 6.31. The summed E-state index contributed by atoms with van der Waals surface area (Å²) in [7, 11) is 0. The molecule has 1 aliphatic rings. The molecule has 0 spiro atoms. The minimum absolute atomic E-state index is 0.0851. The molecule has 4 heteroatoms. The van der Waals surface area contributed by atoms with Gasteiger partial charge in [-0.25, -0.2) is 0 Å². The van der Waals surface area contributed by atoms with Gasteiger partial charge in [-0.05, 0) is 17.4 Å². The van der Waals surface area contributed by atoms with Crippen LogP contribution in [0.1, 0.15) is 50.2 Å². The zero-order valence-electron chi connectivity index (χ0n) is 10.8. The largest absolute Gasteiger partial charge is 0.454 e. The molecular formula is C14H17ClO3. The molecule has 0 bridgehead atoms. The third-order valence-electron chi connectivity index (χ3n) is 3.21. The van der Waals surface area contributed by atoms with E-state index >= 15 is 0 Å². The van der Waals surface area contributed by atoms with Crippen molar-refractivity contribution >= 4 is 17.9 Å². The lowest BCUT2D eigenvalue weighted by Crippen LogP contribution is -2.04. The molecule has 0 aromatic heterocycles. The molecule has 0 radical (unpaired) electrons. The highest BCUT2D eigenvalue weighted by Crippen LogP contribution is 2.47. The first-order chi connectivity index (χ1) is 8.56. The van der Waals surface area contributed by atoms with Crippen molar-refractivity contribution in [2.45, 2.75) is 39.0 Å². The van der Waals surface area contributed by atoms with Crippen LogP contribution in [-0.4, -0.2) is 13.1 Å². The number of aldehydes is 1. The van der Waals surface area contributed by atoms with Gasteiger partial charge in [0.05, 0.1) is 0 Å².